The molecule has 0 aliphatic rings. The lowest BCUT2D eigenvalue weighted by Gasteiger charge is -2.14. The number of halogens is 3. The van der Waals surface area contributed by atoms with Crippen LogP contribution in [-0.4, -0.2) is 16.3 Å². The van der Waals surface area contributed by atoms with Gasteiger partial charge in [0.15, 0.2) is 5.69 Å². The fraction of sp³-hybridized carbons (Fsp3) is 0.667. The first-order valence-electron chi connectivity index (χ1n) is 4.81. The molecule has 0 bridgehead atoms. The first-order chi connectivity index (χ1) is 6.99. The Morgan fingerprint density at radius 3 is 2.60 bits per heavy atom. The van der Waals surface area contributed by atoms with E-state index in [4.69, 9.17) is 5.73 Å². The highest BCUT2D eigenvalue weighted by atomic mass is 19.4. The molecule has 0 saturated heterocycles. The Balaban J connectivity index is 2.82. The first-order valence-corrected chi connectivity index (χ1v) is 4.81. The maximum absolute atomic E-state index is 12.2. The maximum Gasteiger partial charge on any atom is 0.435 e. The van der Waals surface area contributed by atoms with E-state index in [-0.39, 0.29) is 6.04 Å². The van der Waals surface area contributed by atoms with Crippen LogP contribution in [0.5, 0.6) is 0 Å². The number of hydrogen-bond acceptors (Lipinski definition) is 2. The highest BCUT2D eigenvalue weighted by Crippen LogP contribution is 2.28. The first kappa shape index (κ1) is 12.0. The van der Waals surface area contributed by atoms with Gasteiger partial charge in [-0.1, -0.05) is 13.3 Å². The minimum Gasteiger partial charge on any atom is -0.328 e. The van der Waals surface area contributed by atoms with E-state index in [0.717, 1.165) is 18.9 Å². The van der Waals surface area contributed by atoms with E-state index in [1.807, 2.05) is 6.92 Å². The number of hydrogen-bond donors (Lipinski definition) is 1. The fourth-order valence-electron chi connectivity index (χ4n) is 1.38. The molecule has 1 unspecified atom stereocenters. The van der Waals surface area contributed by atoms with Gasteiger partial charge in [-0.25, -0.2) is 0 Å². The Labute approximate surface area is 86.1 Å². The Hall–Kier alpha value is -1.04. The molecule has 15 heavy (non-hydrogen) atoms. The molecule has 0 fully saturated rings. The highest BCUT2D eigenvalue weighted by Gasteiger charge is 2.33. The van der Waals surface area contributed by atoms with Crippen LogP contribution in [0.25, 0.3) is 0 Å². The third-order valence-electron chi connectivity index (χ3n) is 2.17. The second-order valence-electron chi connectivity index (χ2n) is 3.36. The van der Waals surface area contributed by atoms with Gasteiger partial charge in [0.25, 0.3) is 0 Å². The quantitative estimate of drug-likeness (QED) is 0.847. The fourth-order valence-corrected chi connectivity index (χ4v) is 1.38. The standard InChI is InChI=1S/C9H14F3N3/c1-2-3-7(6-13)15-5-4-8(14-15)9(10,11)12/h4-5,7H,2-3,6,13H2,1H3. The lowest BCUT2D eigenvalue weighted by atomic mass is 10.2. The van der Waals surface area contributed by atoms with Crippen molar-refractivity contribution in [2.24, 2.45) is 5.73 Å². The number of nitrogens with two attached hydrogens (primary N) is 1. The Bertz CT molecular complexity index is 306. The average molecular weight is 221 g/mol. The van der Waals surface area contributed by atoms with Crippen LogP contribution in [0, 0.1) is 0 Å². The van der Waals surface area contributed by atoms with Crippen LogP contribution in [-0.2, 0) is 6.18 Å². The van der Waals surface area contributed by atoms with E-state index in [2.05, 4.69) is 5.10 Å². The normalized spacial score (nSPS) is 14.2. The van der Waals surface area contributed by atoms with Crippen LogP contribution in [0.4, 0.5) is 13.2 Å². The lowest BCUT2D eigenvalue weighted by molar-refractivity contribution is -0.141. The number of alkyl halides is 3. The van der Waals surface area contributed by atoms with E-state index in [0.29, 0.717) is 6.54 Å². The smallest absolute Gasteiger partial charge is 0.328 e. The minimum absolute atomic E-state index is 0.147. The third-order valence-corrected chi connectivity index (χ3v) is 2.17. The van der Waals surface area contributed by atoms with Crippen molar-refractivity contribution >= 4 is 0 Å². The van der Waals surface area contributed by atoms with Crippen molar-refractivity contribution in [2.45, 2.75) is 32.0 Å². The largest absolute Gasteiger partial charge is 0.435 e. The van der Waals surface area contributed by atoms with Crippen LogP contribution in [0.3, 0.4) is 0 Å². The van der Waals surface area contributed by atoms with E-state index in [1.54, 1.807) is 0 Å². The molecule has 6 heteroatoms. The molecular weight excluding hydrogens is 207 g/mol. The Kier molecular flexibility index (Phi) is 3.73. The topological polar surface area (TPSA) is 43.8 Å². The van der Waals surface area contributed by atoms with Gasteiger partial charge in [-0.05, 0) is 12.5 Å². The van der Waals surface area contributed by atoms with Gasteiger partial charge in [0.1, 0.15) is 0 Å². The molecule has 1 rings (SSSR count). The summed E-state index contributed by atoms with van der Waals surface area (Å²) in [5, 5.41) is 3.48. The predicted octanol–water partition coefficient (Wildman–Crippen LogP) is 2.20. The van der Waals surface area contributed by atoms with Crippen molar-refractivity contribution in [3.63, 3.8) is 0 Å². The van der Waals surface area contributed by atoms with Crippen molar-refractivity contribution in [3.8, 4) is 0 Å². The summed E-state index contributed by atoms with van der Waals surface area (Å²) in [6, 6.07) is 0.823. The van der Waals surface area contributed by atoms with Gasteiger partial charge in [0.05, 0.1) is 6.04 Å². The summed E-state index contributed by atoms with van der Waals surface area (Å²) in [5.41, 5.74) is 4.60. The molecule has 0 aliphatic carbocycles. The number of aromatic nitrogens is 2. The van der Waals surface area contributed by atoms with Crippen LogP contribution in [0.1, 0.15) is 31.5 Å². The van der Waals surface area contributed by atoms with Gasteiger partial charge in [-0.3, -0.25) is 4.68 Å². The summed E-state index contributed by atoms with van der Waals surface area (Å²) in [7, 11) is 0. The van der Waals surface area contributed by atoms with Crippen LogP contribution >= 0.6 is 0 Å². The third kappa shape index (κ3) is 2.95. The molecule has 0 aliphatic heterocycles. The molecule has 3 nitrogen and oxygen atoms in total. The van der Waals surface area contributed by atoms with Gasteiger partial charge >= 0.3 is 6.18 Å². The lowest BCUT2D eigenvalue weighted by Crippen LogP contribution is -2.20. The molecule has 0 saturated carbocycles. The van der Waals surface area contributed by atoms with Crippen molar-refractivity contribution in [3.05, 3.63) is 18.0 Å². The summed E-state index contributed by atoms with van der Waals surface area (Å²) < 4.78 is 38.0. The van der Waals surface area contributed by atoms with E-state index >= 15 is 0 Å². The van der Waals surface area contributed by atoms with Crippen LogP contribution in [0.15, 0.2) is 12.3 Å². The van der Waals surface area contributed by atoms with Crippen LogP contribution < -0.4 is 5.73 Å². The second kappa shape index (κ2) is 4.65. The molecule has 1 aromatic rings. The minimum atomic E-state index is -4.38. The average Bonchev–Trinajstić information content (AvgIpc) is 2.62. The predicted molar refractivity (Wildman–Crippen MR) is 50.2 cm³/mol. The van der Waals surface area contributed by atoms with Crippen molar-refractivity contribution in [1.29, 1.82) is 0 Å². The zero-order valence-electron chi connectivity index (χ0n) is 8.46. The highest BCUT2D eigenvalue weighted by molar-refractivity contribution is 5.03. The molecule has 1 aromatic heterocycles. The summed E-state index contributed by atoms with van der Waals surface area (Å²) in [6.45, 7) is 2.25. The van der Waals surface area contributed by atoms with Crippen LogP contribution in [0.2, 0.25) is 0 Å². The summed E-state index contributed by atoms with van der Waals surface area (Å²) in [6.07, 6.45) is -1.45. The van der Waals surface area contributed by atoms with E-state index < -0.39 is 11.9 Å². The van der Waals surface area contributed by atoms with E-state index in [9.17, 15) is 13.2 Å². The molecule has 86 valence electrons. The maximum atomic E-state index is 12.2. The second-order valence-corrected chi connectivity index (χ2v) is 3.36. The zero-order valence-corrected chi connectivity index (χ0v) is 8.46. The summed E-state index contributed by atoms with van der Waals surface area (Å²) in [4.78, 5) is 0. The summed E-state index contributed by atoms with van der Waals surface area (Å²) >= 11 is 0. The van der Waals surface area contributed by atoms with Crippen molar-refractivity contribution < 1.29 is 13.2 Å². The molecular formula is C9H14F3N3. The van der Waals surface area contributed by atoms with Gasteiger partial charge in [-0.15, -0.1) is 0 Å². The molecule has 2 N–H and O–H groups in total. The van der Waals surface area contributed by atoms with Gasteiger partial charge < -0.3 is 5.73 Å². The Morgan fingerprint density at radius 2 is 2.20 bits per heavy atom. The Morgan fingerprint density at radius 1 is 1.53 bits per heavy atom. The summed E-state index contributed by atoms with van der Waals surface area (Å²) in [5.74, 6) is 0. The zero-order chi connectivity index (χ0) is 11.5. The van der Waals surface area contributed by atoms with Crippen molar-refractivity contribution in [2.75, 3.05) is 6.54 Å². The van der Waals surface area contributed by atoms with E-state index in [1.165, 1.54) is 10.9 Å². The van der Waals surface area contributed by atoms with Gasteiger partial charge in [-0.2, -0.15) is 18.3 Å². The molecule has 0 radical (unpaired) electrons. The SMILES string of the molecule is CCCC(CN)n1ccc(C(F)(F)F)n1. The van der Waals surface area contributed by atoms with Gasteiger partial charge in [0, 0.05) is 12.7 Å². The monoisotopic (exact) mass is 221 g/mol. The van der Waals surface area contributed by atoms with Gasteiger partial charge in [0.2, 0.25) is 0 Å². The number of nitrogens with zero attached hydrogens (tertiary/aromatic N) is 2. The molecule has 1 heterocycles. The molecule has 0 spiro atoms. The number of rotatable bonds is 4. The molecule has 0 amide bonds. The molecule has 0 aromatic carbocycles. The van der Waals surface area contributed by atoms with Crippen molar-refractivity contribution in [1.82, 2.24) is 9.78 Å². The molecule has 1 atom stereocenters.